The minimum absolute atomic E-state index is 0.0803. The van der Waals surface area contributed by atoms with Crippen LogP contribution in [-0.2, 0) is 12.3 Å². The van der Waals surface area contributed by atoms with Crippen LogP contribution < -0.4 is 11.4 Å². The molecule has 0 aliphatic carbocycles. The molecule has 9 nitrogen and oxygen atoms in total. The number of nitrogen functional groups attached to an aromatic ring is 1. The first-order valence-corrected chi connectivity index (χ1v) is 10.9. The van der Waals surface area contributed by atoms with Crippen molar-refractivity contribution in [2.45, 2.75) is 24.4 Å². The van der Waals surface area contributed by atoms with E-state index in [1.807, 2.05) is 53.8 Å². The van der Waals surface area contributed by atoms with E-state index in [2.05, 4.69) is 20.4 Å². The molecule has 156 valence electrons. The lowest BCUT2D eigenvalue weighted by Gasteiger charge is -2.09. The Kier molecular flexibility index (Phi) is 4.87. The van der Waals surface area contributed by atoms with Crippen LogP contribution in [0.3, 0.4) is 0 Å². The molecule has 0 amide bonds. The summed E-state index contributed by atoms with van der Waals surface area (Å²) in [4.78, 5) is 12.8. The highest BCUT2D eigenvalue weighted by molar-refractivity contribution is 7.98. The van der Waals surface area contributed by atoms with Crippen molar-refractivity contribution in [1.29, 1.82) is 0 Å². The summed E-state index contributed by atoms with van der Waals surface area (Å²) >= 11 is 7.65. The molecule has 0 saturated heterocycles. The molecule has 5 aromatic rings. The van der Waals surface area contributed by atoms with Crippen molar-refractivity contribution >= 4 is 40.0 Å². The molecule has 0 saturated carbocycles. The normalized spacial score (nSPS) is 11.5. The largest absolute Gasteiger partial charge is 0.335 e. The molecule has 3 aromatic heterocycles. The first-order valence-electron chi connectivity index (χ1n) is 9.54. The average molecular weight is 453 g/mol. The summed E-state index contributed by atoms with van der Waals surface area (Å²) in [6.07, 6.45) is 0. The highest BCUT2D eigenvalue weighted by Crippen LogP contribution is 2.28. The zero-order valence-corrected chi connectivity index (χ0v) is 18.0. The van der Waals surface area contributed by atoms with Crippen LogP contribution in [0.2, 0.25) is 5.02 Å². The zero-order chi connectivity index (χ0) is 21.5. The maximum absolute atomic E-state index is 12.8. The maximum atomic E-state index is 12.8. The summed E-state index contributed by atoms with van der Waals surface area (Å²) in [7, 11) is 0. The minimum Gasteiger partial charge on any atom is -0.335 e. The fraction of sp³-hybridized carbons (Fsp3) is 0.150. The Labute approximate surface area is 185 Å². The van der Waals surface area contributed by atoms with E-state index in [1.165, 1.54) is 16.4 Å². The second kappa shape index (κ2) is 7.71. The number of aromatic nitrogens is 7. The van der Waals surface area contributed by atoms with E-state index in [9.17, 15) is 4.79 Å². The molecule has 11 heteroatoms. The molecule has 0 fully saturated rings. The fourth-order valence-corrected chi connectivity index (χ4v) is 4.51. The van der Waals surface area contributed by atoms with Crippen LogP contribution in [0.4, 0.5) is 0 Å². The highest BCUT2D eigenvalue weighted by Gasteiger charge is 2.18. The summed E-state index contributed by atoms with van der Waals surface area (Å²) in [6.45, 7) is 2.41. The number of fused-ring (bicyclic) bond motifs is 3. The number of hydrogen-bond donors (Lipinski definition) is 1. The van der Waals surface area contributed by atoms with Crippen molar-refractivity contribution in [3.8, 4) is 11.4 Å². The summed E-state index contributed by atoms with van der Waals surface area (Å²) in [5, 5.41) is 18.7. The van der Waals surface area contributed by atoms with Gasteiger partial charge in [0.15, 0.2) is 5.82 Å². The third kappa shape index (κ3) is 3.15. The molecule has 0 unspecified atom stereocenters. The molecule has 0 radical (unpaired) electrons. The quantitative estimate of drug-likeness (QED) is 0.322. The van der Waals surface area contributed by atoms with Gasteiger partial charge >= 0.3 is 0 Å². The SMILES string of the molecule is CCn1c(=O)c2ccccc2n2c(CSc3nnc(-c4ccccc4Cl)n3N)nnc12. The van der Waals surface area contributed by atoms with Crippen molar-refractivity contribution in [1.82, 2.24) is 34.0 Å². The van der Waals surface area contributed by atoms with Crippen LogP contribution in [-0.4, -0.2) is 34.0 Å². The van der Waals surface area contributed by atoms with Gasteiger partial charge < -0.3 is 5.84 Å². The number of benzene rings is 2. The Morgan fingerprint density at radius 3 is 2.61 bits per heavy atom. The van der Waals surface area contributed by atoms with E-state index in [0.29, 0.717) is 50.9 Å². The Morgan fingerprint density at radius 2 is 1.81 bits per heavy atom. The molecule has 0 spiro atoms. The molecule has 2 aromatic carbocycles. The maximum Gasteiger partial charge on any atom is 0.262 e. The third-order valence-electron chi connectivity index (χ3n) is 5.00. The van der Waals surface area contributed by atoms with Crippen LogP contribution in [0.5, 0.6) is 0 Å². The molecule has 3 heterocycles. The van der Waals surface area contributed by atoms with Gasteiger partial charge in [0.05, 0.1) is 21.7 Å². The summed E-state index contributed by atoms with van der Waals surface area (Å²) in [6, 6.07) is 14.8. The number of hydrogen-bond acceptors (Lipinski definition) is 7. The van der Waals surface area contributed by atoms with Crippen LogP contribution >= 0.6 is 23.4 Å². The van der Waals surface area contributed by atoms with Gasteiger partial charge in [-0.2, -0.15) is 0 Å². The molecular weight excluding hydrogens is 436 g/mol. The second-order valence-electron chi connectivity index (χ2n) is 6.76. The zero-order valence-electron chi connectivity index (χ0n) is 16.4. The molecule has 0 bridgehead atoms. The summed E-state index contributed by atoms with van der Waals surface area (Å²) < 4.78 is 4.93. The predicted molar refractivity (Wildman–Crippen MR) is 121 cm³/mol. The lowest BCUT2D eigenvalue weighted by molar-refractivity contribution is 0.735. The summed E-state index contributed by atoms with van der Waals surface area (Å²) in [5.41, 5.74) is 1.39. The number of para-hydroxylation sites is 1. The van der Waals surface area contributed by atoms with Gasteiger partial charge in [-0.15, -0.1) is 20.4 Å². The number of rotatable bonds is 5. The molecular formula is C20H17ClN8OS. The monoisotopic (exact) mass is 452 g/mol. The molecule has 31 heavy (non-hydrogen) atoms. The fourth-order valence-electron chi connectivity index (χ4n) is 3.52. The lowest BCUT2D eigenvalue weighted by Crippen LogP contribution is -2.22. The number of thioether (sulfide) groups is 1. The second-order valence-corrected chi connectivity index (χ2v) is 8.11. The van der Waals surface area contributed by atoms with Gasteiger partial charge in [0.1, 0.15) is 5.82 Å². The topological polar surface area (TPSA) is 109 Å². The van der Waals surface area contributed by atoms with Crippen molar-refractivity contribution in [2.75, 3.05) is 5.84 Å². The first-order chi connectivity index (χ1) is 15.1. The molecule has 5 rings (SSSR count). The van der Waals surface area contributed by atoms with Gasteiger partial charge in [-0.3, -0.25) is 13.8 Å². The van der Waals surface area contributed by atoms with Crippen molar-refractivity contribution in [3.63, 3.8) is 0 Å². The first kappa shape index (κ1) is 19.6. The molecule has 0 atom stereocenters. The van der Waals surface area contributed by atoms with Crippen molar-refractivity contribution in [2.24, 2.45) is 0 Å². The Morgan fingerprint density at radius 1 is 1.03 bits per heavy atom. The van der Waals surface area contributed by atoms with Crippen LogP contribution in [0.25, 0.3) is 28.1 Å². The van der Waals surface area contributed by atoms with Crippen molar-refractivity contribution in [3.05, 3.63) is 69.7 Å². The Hall–Kier alpha value is -3.37. The average Bonchev–Trinajstić information content (AvgIpc) is 3.37. The smallest absolute Gasteiger partial charge is 0.262 e. The number of nitrogens with zero attached hydrogens (tertiary/aromatic N) is 7. The van der Waals surface area contributed by atoms with Gasteiger partial charge in [0, 0.05) is 12.1 Å². The molecule has 0 aliphatic rings. The van der Waals surface area contributed by atoms with Crippen molar-refractivity contribution < 1.29 is 0 Å². The Bertz CT molecular complexity index is 1490. The third-order valence-corrected chi connectivity index (χ3v) is 6.27. The van der Waals surface area contributed by atoms with E-state index in [0.717, 1.165) is 5.52 Å². The molecule has 0 aliphatic heterocycles. The Balaban J connectivity index is 1.54. The lowest BCUT2D eigenvalue weighted by atomic mass is 10.2. The van der Waals surface area contributed by atoms with Crippen LogP contribution in [0.1, 0.15) is 12.7 Å². The number of aryl methyl sites for hydroxylation is 1. The molecule has 2 N–H and O–H groups in total. The van der Waals surface area contributed by atoms with E-state index < -0.39 is 0 Å². The minimum atomic E-state index is -0.0803. The van der Waals surface area contributed by atoms with Crippen LogP contribution in [0.15, 0.2) is 58.5 Å². The standard InChI is InChI=1S/C20H17ClN8OS/c1-2-27-18(30)13-8-4-6-10-15(13)28-16(23-25-19(27)28)11-31-20-26-24-17(29(20)22)12-7-3-5-9-14(12)21/h3-10H,2,11,22H2,1H3. The van der Waals surface area contributed by atoms with E-state index in [1.54, 1.807) is 10.6 Å². The van der Waals surface area contributed by atoms with Gasteiger partial charge in [-0.25, -0.2) is 4.68 Å². The highest BCUT2D eigenvalue weighted by atomic mass is 35.5. The van der Waals surface area contributed by atoms with Crippen LogP contribution in [0, 0.1) is 0 Å². The summed E-state index contributed by atoms with van der Waals surface area (Å²) in [5.74, 6) is 8.34. The van der Waals surface area contributed by atoms with Gasteiger partial charge in [-0.05, 0) is 31.2 Å². The van der Waals surface area contributed by atoms with E-state index in [-0.39, 0.29) is 5.56 Å². The van der Waals surface area contributed by atoms with E-state index in [4.69, 9.17) is 17.4 Å². The van der Waals surface area contributed by atoms with Gasteiger partial charge in [-0.1, -0.05) is 47.6 Å². The predicted octanol–water partition coefficient (Wildman–Crippen LogP) is 2.98. The van der Waals surface area contributed by atoms with Gasteiger partial charge in [0.25, 0.3) is 5.56 Å². The number of nitrogens with two attached hydrogens (primary N) is 1. The number of halogens is 1. The van der Waals surface area contributed by atoms with Gasteiger partial charge in [0.2, 0.25) is 10.9 Å². The van der Waals surface area contributed by atoms with E-state index >= 15 is 0 Å².